The average Bonchev–Trinajstić information content (AvgIpc) is 2.24. The van der Waals surface area contributed by atoms with Crippen molar-refractivity contribution in [2.24, 2.45) is 11.3 Å². The number of hydrogen-bond acceptors (Lipinski definition) is 2. The molecule has 2 rings (SSSR count). The first-order valence-corrected chi connectivity index (χ1v) is 6.30. The molecule has 1 saturated carbocycles. The molecule has 0 aromatic heterocycles. The zero-order valence-corrected chi connectivity index (χ0v) is 10.2. The molecule has 0 aromatic carbocycles. The van der Waals surface area contributed by atoms with Crippen LogP contribution < -0.4 is 0 Å². The van der Waals surface area contributed by atoms with E-state index < -0.39 is 5.41 Å². The lowest BCUT2D eigenvalue weighted by molar-refractivity contribution is -0.130. The summed E-state index contributed by atoms with van der Waals surface area (Å²) in [5.74, 6) is 0.689. The number of carbonyl (C=O) groups is 2. The second-order valence-electron chi connectivity index (χ2n) is 5.79. The van der Waals surface area contributed by atoms with Gasteiger partial charge in [-0.2, -0.15) is 0 Å². The van der Waals surface area contributed by atoms with Gasteiger partial charge in [-0.25, -0.2) is 0 Å². The summed E-state index contributed by atoms with van der Waals surface area (Å²) in [6, 6.07) is 0. The van der Waals surface area contributed by atoms with Crippen molar-refractivity contribution in [3.8, 4) is 0 Å². The SMILES string of the molecule is CC1(C)CC(=O)C=C(C2CCCCC2)C1=O. The molecular formula is C14H20O2. The van der Waals surface area contributed by atoms with Gasteiger partial charge in [-0.3, -0.25) is 9.59 Å². The van der Waals surface area contributed by atoms with Gasteiger partial charge in [-0.15, -0.1) is 0 Å². The molecule has 88 valence electrons. The van der Waals surface area contributed by atoms with E-state index >= 15 is 0 Å². The second-order valence-corrected chi connectivity index (χ2v) is 5.79. The third kappa shape index (κ3) is 2.11. The predicted molar refractivity (Wildman–Crippen MR) is 63.1 cm³/mol. The van der Waals surface area contributed by atoms with Crippen molar-refractivity contribution in [1.82, 2.24) is 0 Å². The van der Waals surface area contributed by atoms with Crippen molar-refractivity contribution in [2.75, 3.05) is 0 Å². The number of ketones is 2. The Morgan fingerprint density at radius 2 is 1.75 bits per heavy atom. The topological polar surface area (TPSA) is 34.1 Å². The van der Waals surface area contributed by atoms with Crippen LogP contribution in [0.2, 0.25) is 0 Å². The Hall–Kier alpha value is -0.920. The third-order valence-electron chi connectivity index (χ3n) is 3.85. The molecule has 0 bridgehead atoms. The summed E-state index contributed by atoms with van der Waals surface area (Å²) in [4.78, 5) is 23.9. The minimum Gasteiger partial charge on any atom is -0.295 e. The molecule has 0 amide bonds. The Kier molecular flexibility index (Phi) is 3.00. The smallest absolute Gasteiger partial charge is 0.165 e. The van der Waals surface area contributed by atoms with Crippen LogP contribution in [0.1, 0.15) is 52.4 Å². The number of hydrogen-bond donors (Lipinski definition) is 0. The van der Waals surface area contributed by atoms with Crippen molar-refractivity contribution in [2.45, 2.75) is 52.4 Å². The average molecular weight is 220 g/mol. The van der Waals surface area contributed by atoms with Crippen LogP contribution >= 0.6 is 0 Å². The molecule has 2 aliphatic rings. The zero-order chi connectivity index (χ0) is 11.8. The van der Waals surface area contributed by atoms with Crippen LogP contribution in [0.15, 0.2) is 11.6 Å². The monoisotopic (exact) mass is 220 g/mol. The highest BCUT2D eigenvalue weighted by Crippen LogP contribution is 2.38. The van der Waals surface area contributed by atoms with Crippen molar-refractivity contribution in [3.05, 3.63) is 11.6 Å². The Morgan fingerprint density at radius 3 is 2.38 bits per heavy atom. The first kappa shape index (κ1) is 11.6. The van der Waals surface area contributed by atoms with Crippen LogP contribution in [0.4, 0.5) is 0 Å². The van der Waals surface area contributed by atoms with E-state index in [4.69, 9.17) is 0 Å². The van der Waals surface area contributed by atoms with Crippen LogP contribution in [-0.2, 0) is 9.59 Å². The Morgan fingerprint density at radius 1 is 1.12 bits per heavy atom. The van der Waals surface area contributed by atoms with Gasteiger partial charge in [0.15, 0.2) is 11.6 Å². The lowest BCUT2D eigenvalue weighted by Crippen LogP contribution is -2.35. The molecule has 0 radical (unpaired) electrons. The Labute approximate surface area is 97.1 Å². The van der Waals surface area contributed by atoms with E-state index in [2.05, 4.69) is 0 Å². The van der Waals surface area contributed by atoms with E-state index in [9.17, 15) is 9.59 Å². The maximum absolute atomic E-state index is 12.3. The van der Waals surface area contributed by atoms with Crippen molar-refractivity contribution in [3.63, 3.8) is 0 Å². The molecule has 0 atom stereocenters. The molecule has 0 heterocycles. The maximum Gasteiger partial charge on any atom is 0.165 e. The van der Waals surface area contributed by atoms with Crippen LogP contribution in [-0.4, -0.2) is 11.6 Å². The van der Waals surface area contributed by atoms with Gasteiger partial charge in [-0.05, 0) is 24.8 Å². The standard InChI is InChI=1S/C14H20O2/c1-14(2)9-11(15)8-12(13(14)16)10-6-4-3-5-7-10/h8,10H,3-7,9H2,1-2H3. The number of allylic oxidation sites excluding steroid dienone is 2. The van der Waals surface area contributed by atoms with Crippen LogP contribution in [0.5, 0.6) is 0 Å². The van der Waals surface area contributed by atoms with Gasteiger partial charge in [0.1, 0.15) is 0 Å². The lowest BCUT2D eigenvalue weighted by Gasteiger charge is -2.32. The van der Waals surface area contributed by atoms with Crippen LogP contribution in [0, 0.1) is 11.3 Å². The van der Waals surface area contributed by atoms with Gasteiger partial charge >= 0.3 is 0 Å². The minimum absolute atomic E-state index is 0.130. The second kappa shape index (κ2) is 4.15. The fraction of sp³-hybridized carbons (Fsp3) is 0.714. The summed E-state index contributed by atoms with van der Waals surface area (Å²) in [7, 11) is 0. The summed E-state index contributed by atoms with van der Waals surface area (Å²) < 4.78 is 0. The molecular weight excluding hydrogens is 200 g/mol. The molecule has 0 N–H and O–H groups in total. The van der Waals surface area contributed by atoms with Crippen LogP contribution in [0.3, 0.4) is 0 Å². The largest absolute Gasteiger partial charge is 0.295 e. The molecule has 0 unspecified atom stereocenters. The summed E-state index contributed by atoms with van der Waals surface area (Å²) in [5, 5.41) is 0. The van der Waals surface area contributed by atoms with Gasteiger partial charge in [0.05, 0.1) is 0 Å². The minimum atomic E-state index is -0.474. The zero-order valence-electron chi connectivity index (χ0n) is 10.2. The fourth-order valence-electron chi connectivity index (χ4n) is 2.91. The van der Waals surface area contributed by atoms with Gasteiger partial charge in [0, 0.05) is 17.4 Å². The summed E-state index contributed by atoms with van der Waals surface area (Å²) in [6.45, 7) is 3.78. The van der Waals surface area contributed by atoms with E-state index in [0.29, 0.717) is 12.3 Å². The Bertz CT molecular complexity index is 344. The number of rotatable bonds is 1. The maximum atomic E-state index is 12.3. The first-order chi connectivity index (χ1) is 7.50. The van der Waals surface area contributed by atoms with Crippen molar-refractivity contribution in [1.29, 1.82) is 0 Å². The molecule has 0 aliphatic heterocycles. The summed E-state index contributed by atoms with van der Waals surface area (Å²) in [5.41, 5.74) is 0.347. The van der Waals surface area contributed by atoms with E-state index in [1.165, 1.54) is 19.3 Å². The van der Waals surface area contributed by atoms with E-state index in [1.54, 1.807) is 6.08 Å². The third-order valence-corrected chi connectivity index (χ3v) is 3.85. The molecule has 16 heavy (non-hydrogen) atoms. The van der Waals surface area contributed by atoms with Gasteiger partial charge in [-0.1, -0.05) is 33.1 Å². The highest BCUT2D eigenvalue weighted by atomic mass is 16.1. The molecule has 0 aromatic rings. The molecule has 0 saturated heterocycles. The number of Topliss-reactive ketones (excluding diaryl/α,β-unsaturated/α-hetero) is 1. The molecule has 0 spiro atoms. The lowest BCUT2D eigenvalue weighted by atomic mass is 9.70. The predicted octanol–water partition coefficient (Wildman–Crippen LogP) is 3.06. The molecule has 2 heteroatoms. The van der Waals surface area contributed by atoms with Gasteiger partial charge in [0.25, 0.3) is 0 Å². The van der Waals surface area contributed by atoms with E-state index in [-0.39, 0.29) is 11.6 Å². The van der Waals surface area contributed by atoms with Crippen molar-refractivity contribution < 1.29 is 9.59 Å². The van der Waals surface area contributed by atoms with Gasteiger partial charge in [0.2, 0.25) is 0 Å². The Balaban J connectivity index is 2.24. The summed E-state index contributed by atoms with van der Waals surface area (Å²) in [6.07, 6.45) is 7.84. The normalized spacial score (nSPS) is 26.8. The van der Waals surface area contributed by atoms with Gasteiger partial charge < -0.3 is 0 Å². The molecule has 2 aliphatic carbocycles. The van der Waals surface area contributed by atoms with E-state index in [0.717, 1.165) is 18.4 Å². The summed E-state index contributed by atoms with van der Waals surface area (Å²) >= 11 is 0. The van der Waals surface area contributed by atoms with E-state index in [1.807, 2.05) is 13.8 Å². The number of carbonyl (C=O) groups excluding carboxylic acids is 2. The highest BCUT2D eigenvalue weighted by molar-refractivity contribution is 6.11. The quantitative estimate of drug-likeness (QED) is 0.680. The highest BCUT2D eigenvalue weighted by Gasteiger charge is 2.38. The molecule has 1 fully saturated rings. The molecule has 2 nitrogen and oxygen atoms in total. The fourth-order valence-corrected chi connectivity index (χ4v) is 2.91. The van der Waals surface area contributed by atoms with Crippen molar-refractivity contribution >= 4 is 11.6 Å². The first-order valence-electron chi connectivity index (χ1n) is 6.30. The van der Waals surface area contributed by atoms with Crippen LogP contribution in [0.25, 0.3) is 0 Å².